The van der Waals surface area contributed by atoms with Crippen LogP contribution in [0.25, 0.3) is 0 Å². The number of aromatic nitrogens is 1. The van der Waals surface area contributed by atoms with Gasteiger partial charge in [0.05, 0.1) is 6.10 Å². The Labute approximate surface area is 143 Å². The third-order valence-electron chi connectivity index (χ3n) is 4.69. The van der Waals surface area contributed by atoms with Crippen molar-refractivity contribution >= 4 is 15.9 Å². The molecule has 1 N–H and O–H groups in total. The van der Waals surface area contributed by atoms with Crippen LogP contribution in [0.4, 0.5) is 0 Å². The summed E-state index contributed by atoms with van der Waals surface area (Å²) in [7, 11) is -1.80. The van der Waals surface area contributed by atoms with Crippen LogP contribution in [0.1, 0.15) is 42.6 Å². The molecule has 2 fully saturated rings. The minimum Gasteiger partial charge on any atom is -0.378 e. The Hall–Kier alpha value is -1.38. The Balaban J connectivity index is 1.63. The average Bonchev–Trinajstić information content (AvgIpc) is 3.28. The number of sulfonamides is 1. The summed E-state index contributed by atoms with van der Waals surface area (Å²) in [6.07, 6.45) is 6.43. The zero-order valence-corrected chi connectivity index (χ0v) is 14.8. The van der Waals surface area contributed by atoms with E-state index in [2.05, 4.69) is 5.32 Å². The zero-order chi connectivity index (χ0) is 17.2. The second-order valence-electron chi connectivity index (χ2n) is 6.46. The molecule has 3 rings (SSSR count). The number of amides is 1. The Bertz CT molecular complexity index is 686. The maximum absolute atomic E-state index is 12.6. The predicted molar refractivity (Wildman–Crippen MR) is 89.3 cm³/mol. The van der Waals surface area contributed by atoms with Gasteiger partial charge in [-0.15, -0.1) is 0 Å². The number of rotatable bonds is 6. The van der Waals surface area contributed by atoms with Crippen LogP contribution >= 0.6 is 0 Å². The molecule has 0 bridgehead atoms. The van der Waals surface area contributed by atoms with E-state index in [0.717, 1.165) is 38.7 Å². The number of carbonyl (C=O) groups excluding carboxylic acids is 1. The van der Waals surface area contributed by atoms with Crippen molar-refractivity contribution in [1.29, 1.82) is 0 Å². The molecule has 0 radical (unpaired) electrons. The first-order chi connectivity index (χ1) is 11.5. The molecule has 0 aliphatic carbocycles. The molecular weight excluding hydrogens is 330 g/mol. The molecule has 2 saturated heterocycles. The molecule has 2 aliphatic rings. The quantitative estimate of drug-likeness (QED) is 0.829. The number of aryl methyl sites for hydroxylation is 1. The maximum Gasteiger partial charge on any atom is 0.267 e. The lowest BCUT2D eigenvalue weighted by atomic mass is 10.2. The van der Waals surface area contributed by atoms with Gasteiger partial charge >= 0.3 is 0 Å². The number of nitrogens with zero attached hydrogens (tertiary/aromatic N) is 2. The summed E-state index contributed by atoms with van der Waals surface area (Å²) < 4.78 is 33.7. The van der Waals surface area contributed by atoms with E-state index in [1.54, 1.807) is 11.6 Å². The first-order valence-corrected chi connectivity index (χ1v) is 9.99. The minimum atomic E-state index is -3.49. The van der Waals surface area contributed by atoms with Gasteiger partial charge in [-0.3, -0.25) is 4.79 Å². The molecule has 1 aromatic rings. The van der Waals surface area contributed by atoms with Gasteiger partial charge in [-0.25, -0.2) is 8.42 Å². The van der Waals surface area contributed by atoms with E-state index in [0.29, 0.717) is 25.3 Å². The summed E-state index contributed by atoms with van der Waals surface area (Å²) in [5.41, 5.74) is 0.361. The normalized spacial score (nSPS) is 22.1. The third kappa shape index (κ3) is 3.65. The van der Waals surface area contributed by atoms with Gasteiger partial charge in [0.25, 0.3) is 5.91 Å². The predicted octanol–water partition coefficient (Wildman–Crippen LogP) is 1.11. The van der Waals surface area contributed by atoms with Gasteiger partial charge in [0.15, 0.2) is 0 Å². The standard InChI is InChI=1S/C16H25N3O4S/c1-18-12-14(24(21,22)19-8-2-3-9-19)11-15(18)16(20)17-7-6-13-5-4-10-23-13/h11-13H,2-10H2,1H3,(H,17,20). The van der Waals surface area contributed by atoms with Gasteiger partial charge in [0, 0.05) is 39.5 Å². The average molecular weight is 355 g/mol. The summed E-state index contributed by atoms with van der Waals surface area (Å²) in [6.45, 7) is 2.44. The van der Waals surface area contributed by atoms with E-state index in [-0.39, 0.29) is 16.9 Å². The summed E-state index contributed by atoms with van der Waals surface area (Å²) in [4.78, 5) is 12.5. The van der Waals surface area contributed by atoms with Crippen LogP contribution in [-0.4, -0.2) is 55.5 Å². The van der Waals surface area contributed by atoms with Crippen molar-refractivity contribution in [2.45, 2.75) is 43.1 Å². The van der Waals surface area contributed by atoms with Crippen LogP contribution < -0.4 is 5.32 Å². The van der Waals surface area contributed by atoms with Gasteiger partial charge in [-0.1, -0.05) is 0 Å². The summed E-state index contributed by atoms with van der Waals surface area (Å²) in [5.74, 6) is -0.252. The highest BCUT2D eigenvalue weighted by Gasteiger charge is 2.29. The molecule has 8 heteroatoms. The van der Waals surface area contributed by atoms with Gasteiger partial charge in [0.1, 0.15) is 10.6 Å². The van der Waals surface area contributed by atoms with Crippen LogP contribution in [0.15, 0.2) is 17.2 Å². The molecule has 1 amide bonds. The lowest BCUT2D eigenvalue weighted by molar-refractivity contribution is 0.0900. The van der Waals surface area contributed by atoms with Gasteiger partial charge < -0.3 is 14.6 Å². The zero-order valence-electron chi connectivity index (χ0n) is 14.0. The number of nitrogens with one attached hydrogen (secondary N) is 1. The second kappa shape index (κ2) is 7.25. The monoisotopic (exact) mass is 355 g/mol. The van der Waals surface area contributed by atoms with Crippen molar-refractivity contribution in [3.63, 3.8) is 0 Å². The van der Waals surface area contributed by atoms with E-state index in [1.165, 1.54) is 16.6 Å². The molecule has 3 heterocycles. The highest BCUT2D eigenvalue weighted by molar-refractivity contribution is 7.89. The molecule has 24 heavy (non-hydrogen) atoms. The molecular formula is C16H25N3O4S. The molecule has 0 spiro atoms. The molecule has 0 saturated carbocycles. The summed E-state index contributed by atoms with van der Waals surface area (Å²) in [5, 5.41) is 2.85. The summed E-state index contributed by atoms with van der Waals surface area (Å²) in [6, 6.07) is 1.47. The molecule has 1 atom stereocenters. The Morgan fingerprint density at radius 1 is 1.33 bits per heavy atom. The van der Waals surface area contributed by atoms with Crippen molar-refractivity contribution in [3.8, 4) is 0 Å². The second-order valence-corrected chi connectivity index (χ2v) is 8.40. The third-order valence-corrected chi connectivity index (χ3v) is 6.56. The Morgan fingerprint density at radius 2 is 2.08 bits per heavy atom. The van der Waals surface area contributed by atoms with Crippen molar-refractivity contribution in [3.05, 3.63) is 18.0 Å². The van der Waals surface area contributed by atoms with E-state index in [9.17, 15) is 13.2 Å². The lowest BCUT2D eigenvalue weighted by Gasteiger charge is -2.13. The number of ether oxygens (including phenoxy) is 1. The van der Waals surface area contributed by atoms with E-state index >= 15 is 0 Å². The fourth-order valence-corrected chi connectivity index (χ4v) is 4.88. The molecule has 2 aliphatic heterocycles. The van der Waals surface area contributed by atoms with Crippen LogP contribution in [0.5, 0.6) is 0 Å². The first kappa shape index (κ1) is 17.4. The number of hydrogen-bond acceptors (Lipinski definition) is 4. The molecule has 7 nitrogen and oxygen atoms in total. The van der Waals surface area contributed by atoms with Gasteiger partial charge in [0.2, 0.25) is 10.0 Å². The fraction of sp³-hybridized carbons (Fsp3) is 0.688. The van der Waals surface area contributed by atoms with Crippen LogP contribution in [-0.2, 0) is 21.8 Å². The van der Waals surface area contributed by atoms with E-state index in [1.807, 2.05) is 0 Å². The van der Waals surface area contributed by atoms with Crippen molar-refractivity contribution in [2.24, 2.45) is 7.05 Å². The molecule has 134 valence electrons. The van der Waals surface area contributed by atoms with Crippen molar-refractivity contribution in [1.82, 2.24) is 14.2 Å². The minimum absolute atomic E-state index is 0.191. The van der Waals surface area contributed by atoms with Gasteiger partial charge in [-0.2, -0.15) is 4.31 Å². The van der Waals surface area contributed by atoms with Crippen LogP contribution in [0.3, 0.4) is 0 Å². The van der Waals surface area contributed by atoms with Crippen LogP contribution in [0.2, 0.25) is 0 Å². The van der Waals surface area contributed by atoms with E-state index in [4.69, 9.17) is 4.74 Å². The topological polar surface area (TPSA) is 80.6 Å². The lowest BCUT2D eigenvalue weighted by Crippen LogP contribution is -2.28. The Kier molecular flexibility index (Phi) is 5.27. The maximum atomic E-state index is 12.6. The number of carbonyl (C=O) groups is 1. The Morgan fingerprint density at radius 3 is 2.75 bits per heavy atom. The van der Waals surface area contributed by atoms with Crippen LogP contribution in [0, 0.1) is 0 Å². The van der Waals surface area contributed by atoms with E-state index < -0.39 is 10.0 Å². The fourth-order valence-electron chi connectivity index (χ4n) is 3.29. The molecule has 1 unspecified atom stereocenters. The largest absolute Gasteiger partial charge is 0.378 e. The number of hydrogen-bond donors (Lipinski definition) is 1. The highest BCUT2D eigenvalue weighted by atomic mass is 32.2. The highest BCUT2D eigenvalue weighted by Crippen LogP contribution is 2.22. The smallest absolute Gasteiger partial charge is 0.267 e. The van der Waals surface area contributed by atoms with Crippen molar-refractivity contribution < 1.29 is 17.9 Å². The SMILES string of the molecule is Cn1cc(S(=O)(=O)N2CCCC2)cc1C(=O)NCCC1CCCO1. The van der Waals surface area contributed by atoms with Crippen molar-refractivity contribution in [2.75, 3.05) is 26.2 Å². The van der Waals surface area contributed by atoms with Gasteiger partial charge in [-0.05, 0) is 38.2 Å². The molecule has 0 aromatic carbocycles. The molecule has 1 aromatic heterocycles. The first-order valence-electron chi connectivity index (χ1n) is 8.55. The summed E-state index contributed by atoms with van der Waals surface area (Å²) >= 11 is 0.